The average molecular weight is 316 g/mol. The van der Waals surface area contributed by atoms with Crippen LogP contribution in [0.1, 0.15) is 39.1 Å². The van der Waals surface area contributed by atoms with Crippen LogP contribution in [0.3, 0.4) is 0 Å². The van der Waals surface area contributed by atoms with E-state index in [1.165, 1.54) is 15.9 Å². The molecule has 0 aliphatic rings. The Bertz CT molecular complexity index is 373. The highest BCUT2D eigenvalue weighted by Gasteiger charge is 2.19. The van der Waals surface area contributed by atoms with Gasteiger partial charge in [-0.05, 0) is 61.1 Å². The van der Waals surface area contributed by atoms with Gasteiger partial charge in [-0.1, -0.05) is 20.8 Å². The monoisotopic (exact) mass is 315 g/mol. The molecular weight excluding hydrogens is 290 g/mol. The summed E-state index contributed by atoms with van der Waals surface area (Å²) in [7, 11) is 2.02. The third-order valence-corrected chi connectivity index (χ3v) is 4.62. The Labute approximate surface area is 119 Å². The van der Waals surface area contributed by atoms with Gasteiger partial charge in [-0.2, -0.15) is 5.10 Å². The van der Waals surface area contributed by atoms with Gasteiger partial charge in [0.25, 0.3) is 0 Å². The third-order valence-electron chi connectivity index (χ3n) is 3.71. The summed E-state index contributed by atoms with van der Waals surface area (Å²) in [6.45, 7) is 11.0. The van der Waals surface area contributed by atoms with Gasteiger partial charge in [-0.25, -0.2) is 0 Å². The van der Waals surface area contributed by atoms with E-state index < -0.39 is 0 Å². The minimum absolute atomic E-state index is 0.653. The van der Waals surface area contributed by atoms with Gasteiger partial charge in [0.15, 0.2) is 0 Å². The molecule has 0 fully saturated rings. The molecule has 3 nitrogen and oxygen atoms in total. The molecule has 0 amide bonds. The van der Waals surface area contributed by atoms with E-state index in [1.54, 1.807) is 0 Å². The molecule has 0 radical (unpaired) electrons. The SMILES string of the molecule is CCc1nn(CC)c(CC(C)C(C)CNC)c1Br. The number of hydrogen-bond acceptors (Lipinski definition) is 2. The fourth-order valence-electron chi connectivity index (χ4n) is 2.24. The van der Waals surface area contributed by atoms with E-state index in [0.29, 0.717) is 11.8 Å². The highest BCUT2D eigenvalue weighted by Crippen LogP contribution is 2.26. The van der Waals surface area contributed by atoms with Crippen molar-refractivity contribution in [1.82, 2.24) is 15.1 Å². The van der Waals surface area contributed by atoms with E-state index >= 15 is 0 Å². The van der Waals surface area contributed by atoms with Crippen LogP contribution in [0, 0.1) is 11.8 Å². The average Bonchev–Trinajstić information content (AvgIpc) is 2.66. The van der Waals surface area contributed by atoms with Gasteiger partial charge in [0.1, 0.15) is 0 Å². The van der Waals surface area contributed by atoms with Crippen LogP contribution in [-0.2, 0) is 19.4 Å². The van der Waals surface area contributed by atoms with Gasteiger partial charge in [0.2, 0.25) is 0 Å². The molecule has 0 aromatic carbocycles. The highest BCUT2D eigenvalue weighted by molar-refractivity contribution is 9.10. The lowest BCUT2D eigenvalue weighted by atomic mass is 9.91. The maximum Gasteiger partial charge on any atom is 0.0766 e. The number of nitrogens with one attached hydrogen (secondary N) is 1. The van der Waals surface area contributed by atoms with Gasteiger partial charge in [0, 0.05) is 6.54 Å². The van der Waals surface area contributed by atoms with Gasteiger partial charge in [-0.3, -0.25) is 4.68 Å². The molecule has 1 heterocycles. The summed E-state index contributed by atoms with van der Waals surface area (Å²) in [5.74, 6) is 1.33. The number of nitrogens with zero attached hydrogens (tertiary/aromatic N) is 2. The van der Waals surface area contributed by atoms with Crippen LogP contribution in [0.4, 0.5) is 0 Å². The summed E-state index contributed by atoms with van der Waals surface area (Å²) < 4.78 is 3.36. The molecule has 1 N–H and O–H groups in total. The quantitative estimate of drug-likeness (QED) is 0.837. The largest absolute Gasteiger partial charge is 0.319 e. The molecule has 2 atom stereocenters. The summed E-state index contributed by atoms with van der Waals surface area (Å²) in [6.07, 6.45) is 2.07. The van der Waals surface area contributed by atoms with Crippen molar-refractivity contribution >= 4 is 15.9 Å². The predicted octanol–water partition coefficient (Wildman–Crippen LogP) is 3.26. The highest BCUT2D eigenvalue weighted by atomic mass is 79.9. The molecular formula is C14H26BrN3. The first-order valence-corrected chi connectivity index (χ1v) is 7.72. The predicted molar refractivity (Wildman–Crippen MR) is 80.9 cm³/mol. The van der Waals surface area contributed by atoms with Crippen LogP contribution in [0.25, 0.3) is 0 Å². The molecule has 0 aliphatic carbocycles. The Kier molecular flexibility index (Phi) is 6.36. The molecule has 0 saturated carbocycles. The summed E-state index contributed by atoms with van der Waals surface area (Å²) in [5, 5.41) is 7.92. The van der Waals surface area contributed by atoms with Crippen molar-refractivity contribution in [2.45, 2.75) is 47.1 Å². The Balaban J connectivity index is 2.85. The van der Waals surface area contributed by atoms with Gasteiger partial charge >= 0.3 is 0 Å². The molecule has 2 unspecified atom stereocenters. The van der Waals surface area contributed by atoms with Crippen molar-refractivity contribution in [3.05, 3.63) is 15.9 Å². The summed E-state index contributed by atoms with van der Waals surface area (Å²) in [6, 6.07) is 0. The maximum absolute atomic E-state index is 4.66. The second-order valence-corrected chi connectivity index (χ2v) is 5.89. The van der Waals surface area contributed by atoms with Crippen molar-refractivity contribution in [3.63, 3.8) is 0 Å². The van der Waals surface area contributed by atoms with Crippen molar-refractivity contribution in [3.8, 4) is 0 Å². The lowest BCUT2D eigenvalue weighted by Gasteiger charge is -2.20. The molecule has 1 aromatic rings. The van der Waals surface area contributed by atoms with E-state index in [0.717, 1.165) is 25.9 Å². The number of halogens is 1. The molecule has 18 heavy (non-hydrogen) atoms. The van der Waals surface area contributed by atoms with Crippen LogP contribution in [0.5, 0.6) is 0 Å². The standard InChI is InChI=1S/C14H26BrN3/c1-6-12-14(15)13(18(7-2)17-12)8-10(3)11(4)9-16-5/h10-11,16H,6-9H2,1-5H3. The van der Waals surface area contributed by atoms with Crippen LogP contribution in [-0.4, -0.2) is 23.4 Å². The fourth-order valence-corrected chi connectivity index (χ4v) is 2.97. The van der Waals surface area contributed by atoms with Crippen LogP contribution in [0.15, 0.2) is 4.47 Å². The van der Waals surface area contributed by atoms with E-state index in [9.17, 15) is 0 Å². The van der Waals surface area contributed by atoms with Crippen LogP contribution in [0.2, 0.25) is 0 Å². The molecule has 1 rings (SSSR count). The van der Waals surface area contributed by atoms with Crippen molar-refractivity contribution in [2.75, 3.05) is 13.6 Å². The number of aryl methyl sites for hydroxylation is 2. The molecule has 104 valence electrons. The molecule has 4 heteroatoms. The molecule has 0 bridgehead atoms. The summed E-state index contributed by atoms with van der Waals surface area (Å²) in [5.41, 5.74) is 2.53. The van der Waals surface area contributed by atoms with Gasteiger partial charge in [0.05, 0.1) is 15.9 Å². The Morgan fingerprint density at radius 1 is 1.28 bits per heavy atom. The number of aromatic nitrogens is 2. The first-order valence-electron chi connectivity index (χ1n) is 6.93. The summed E-state index contributed by atoms with van der Waals surface area (Å²) in [4.78, 5) is 0. The smallest absolute Gasteiger partial charge is 0.0766 e. The Hall–Kier alpha value is -0.350. The normalized spacial score (nSPS) is 14.8. The van der Waals surface area contributed by atoms with Crippen LogP contribution < -0.4 is 5.32 Å². The minimum Gasteiger partial charge on any atom is -0.319 e. The van der Waals surface area contributed by atoms with Gasteiger partial charge < -0.3 is 5.32 Å². The number of rotatable bonds is 7. The zero-order chi connectivity index (χ0) is 13.7. The Morgan fingerprint density at radius 3 is 2.44 bits per heavy atom. The number of hydrogen-bond donors (Lipinski definition) is 1. The first kappa shape index (κ1) is 15.7. The molecule has 0 spiro atoms. The van der Waals surface area contributed by atoms with E-state index in [4.69, 9.17) is 0 Å². The van der Waals surface area contributed by atoms with Gasteiger partial charge in [-0.15, -0.1) is 0 Å². The summed E-state index contributed by atoms with van der Waals surface area (Å²) >= 11 is 3.72. The second kappa shape index (κ2) is 7.29. The minimum atomic E-state index is 0.653. The molecule has 1 aromatic heterocycles. The van der Waals surface area contributed by atoms with E-state index in [-0.39, 0.29) is 0 Å². The molecule has 0 aliphatic heterocycles. The first-order chi connectivity index (χ1) is 8.54. The lowest BCUT2D eigenvalue weighted by Crippen LogP contribution is -2.24. The maximum atomic E-state index is 4.66. The topological polar surface area (TPSA) is 29.9 Å². The van der Waals surface area contributed by atoms with Crippen molar-refractivity contribution < 1.29 is 0 Å². The Morgan fingerprint density at radius 2 is 1.94 bits per heavy atom. The zero-order valence-electron chi connectivity index (χ0n) is 12.3. The second-order valence-electron chi connectivity index (χ2n) is 5.09. The van der Waals surface area contributed by atoms with Crippen molar-refractivity contribution in [2.24, 2.45) is 11.8 Å². The van der Waals surface area contributed by atoms with Crippen molar-refractivity contribution in [1.29, 1.82) is 0 Å². The third kappa shape index (κ3) is 3.58. The lowest BCUT2D eigenvalue weighted by molar-refractivity contribution is 0.365. The van der Waals surface area contributed by atoms with E-state index in [1.807, 2.05) is 7.05 Å². The van der Waals surface area contributed by atoms with E-state index in [2.05, 4.69) is 58.7 Å². The fraction of sp³-hybridized carbons (Fsp3) is 0.786. The molecule has 0 saturated heterocycles. The van der Waals surface area contributed by atoms with Crippen LogP contribution >= 0.6 is 15.9 Å². The zero-order valence-corrected chi connectivity index (χ0v) is 13.8.